The van der Waals surface area contributed by atoms with E-state index < -0.39 is 0 Å². The Kier molecular flexibility index (Phi) is 3.52. The molecule has 2 aromatic rings. The largest absolute Gasteiger partial charge is 0.303 e. The van der Waals surface area contributed by atoms with Crippen molar-refractivity contribution in [1.29, 1.82) is 0 Å². The van der Waals surface area contributed by atoms with Crippen molar-refractivity contribution >= 4 is 17.6 Å². The van der Waals surface area contributed by atoms with Gasteiger partial charge >= 0.3 is 0 Å². The van der Waals surface area contributed by atoms with Gasteiger partial charge in [-0.15, -0.1) is 11.3 Å². The lowest BCUT2D eigenvalue weighted by Gasteiger charge is -1.98. The number of rotatable bonds is 4. The summed E-state index contributed by atoms with van der Waals surface area (Å²) in [6.45, 7) is 1.94. The van der Waals surface area contributed by atoms with Crippen LogP contribution in [0.1, 0.15) is 28.8 Å². The minimum absolute atomic E-state index is 0.0227. The summed E-state index contributed by atoms with van der Waals surface area (Å²) in [5.41, 5.74) is 2.60. The topological polar surface area (TPSA) is 17.1 Å². The van der Waals surface area contributed by atoms with Crippen LogP contribution in [0.3, 0.4) is 0 Å². The van der Waals surface area contributed by atoms with Gasteiger partial charge in [-0.25, -0.2) is 0 Å². The smallest absolute Gasteiger partial charge is 0.127 e. The fourth-order valence-corrected chi connectivity index (χ4v) is 2.55. The fourth-order valence-electron chi connectivity index (χ4n) is 1.62. The molecule has 0 saturated carbocycles. The zero-order valence-corrected chi connectivity index (χ0v) is 10.0. The van der Waals surface area contributed by atoms with E-state index in [9.17, 15) is 4.79 Å². The first kappa shape index (κ1) is 11.1. The van der Waals surface area contributed by atoms with E-state index in [2.05, 4.69) is 35.7 Å². The Balaban J connectivity index is 2.11. The number of hydrogen-bond donors (Lipinski definition) is 0. The van der Waals surface area contributed by atoms with Crippen molar-refractivity contribution in [2.24, 2.45) is 0 Å². The van der Waals surface area contributed by atoms with Crippen LogP contribution in [0.4, 0.5) is 0 Å². The van der Waals surface area contributed by atoms with Crippen molar-refractivity contribution < 1.29 is 4.79 Å². The molecule has 16 heavy (non-hydrogen) atoms. The second kappa shape index (κ2) is 5.08. The molecule has 1 heterocycles. The van der Waals surface area contributed by atoms with E-state index >= 15 is 0 Å². The maximum Gasteiger partial charge on any atom is 0.127 e. The molecule has 2 heteroatoms. The highest BCUT2D eigenvalue weighted by Crippen LogP contribution is 2.23. The van der Waals surface area contributed by atoms with Crippen LogP contribution < -0.4 is 0 Å². The number of aldehydes is 1. The zero-order valence-electron chi connectivity index (χ0n) is 9.22. The third-order valence-corrected chi connectivity index (χ3v) is 3.76. The molecule has 0 radical (unpaired) electrons. The van der Waals surface area contributed by atoms with Gasteiger partial charge in [-0.05, 0) is 29.0 Å². The summed E-state index contributed by atoms with van der Waals surface area (Å²) in [5.74, 6) is 0.0227. The average molecular weight is 230 g/mol. The molecule has 0 aliphatic heterocycles. The van der Waals surface area contributed by atoms with Gasteiger partial charge in [-0.2, -0.15) is 0 Å². The summed E-state index contributed by atoms with van der Waals surface area (Å²) >= 11 is 1.67. The van der Waals surface area contributed by atoms with Gasteiger partial charge in [0.1, 0.15) is 6.29 Å². The van der Waals surface area contributed by atoms with E-state index in [1.54, 1.807) is 11.3 Å². The summed E-state index contributed by atoms with van der Waals surface area (Å²) in [6.07, 6.45) is 1.95. The Morgan fingerprint density at radius 2 is 2.00 bits per heavy atom. The minimum atomic E-state index is 0.0227. The van der Waals surface area contributed by atoms with Gasteiger partial charge < -0.3 is 4.79 Å². The van der Waals surface area contributed by atoms with E-state index in [0.29, 0.717) is 0 Å². The van der Waals surface area contributed by atoms with Crippen LogP contribution in [0.2, 0.25) is 0 Å². The minimum Gasteiger partial charge on any atom is -0.303 e. The summed E-state index contributed by atoms with van der Waals surface area (Å²) in [4.78, 5) is 11.8. The van der Waals surface area contributed by atoms with Crippen molar-refractivity contribution in [2.45, 2.75) is 19.3 Å². The molecule has 0 N–H and O–H groups in total. The molecule has 1 unspecified atom stereocenters. The van der Waals surface area contributed by atoms with Gasteiger partial charge in [0, 0.05) is 10.8 Å². The van der Waals surface area contributed by atoms with Crippen molar-refractivity contribution in [3.05, 3.63) is 57.8 Å². The normalized spacial score (nSPS) is 12.3. The molecule has 1 aromatic carbocycles. The van der Waals surface area contributed by atoms with Gasteiger partial charge in [0.25, 0.3) is 0 Å². The summed E-state index contributed by atoms with van der Waals surface area (Å²) in [7, 11) is 0. The van der Waals surface area contributed by atoms with E-state index in [-0.39, 0.29) is 5.92 Å². The second-order valence-corrected chi connectivity index (χ2v) is 4.89. The standard InChI is InChI=1S/C14H14OS/c1-11(9-15)14-8-13(10-16-14)7-12-5-3-2-4-6-12/h2-6,8-11H,7H2,1H3. The predicted molar refractivity (Wildman–Crippen MR) is 68.0 cm³/mol. The van der Waals surface area contributed by atoms with Crippen molar-refractivity contribution in [3.8, 4) is 0 Å². The van der Waals surface area contributed by atoms with Crippen molar-refractivity contribution in [2.75, 3.05) is 0 Å². The summed E-state index contributed by atoms with van der Waals surface area (Å²) in [6, 6.07) is 12.5. The maximum atomic E-state index is 10.7. The van der Waals surface area contributed by atoms with Gasteiger partial charge in [0.15, 0.2) is 0 Å². The first-order valence-corrected chi connectivity index (χ1v) is 6.24. The Hall–Kier alpha value is -1.41. The summed E-state index contributed by atoms with van der Waals surface area (Å²) < 4.78 is 0. The molecule has 1 atom stereocenters. The molecule has 0 fully saturated rings. The number of hydrogen-bond acceptors (Lipinski definition) is 2. The molecule has 1 aromatic heterocycles. The summed E-state index contributed by atoms with van der Waals surface area (Å²) in [5, 5.41) is 2.14. The Morgan fingerprint density at radius 3 is 2.69 bits per heavy atom. The molecule has 0 aliphatic rings. The number of thiophene rings is 1. The molecule has 0 amide bonds. The Morgan fingerprint density at radius 1 is 1.25 bits per heavy atom. The van der Waals surface area contributed by atoms with Gasteiger partial charge in [0.2, 0.25) is 0 Å². The molecule has 82 valence electrons. The van der Waals surface area contributed by atoms with Crippen LogP contribution in [0, 0.1) is 0 Å². The highest BCUT2D eigenvalue weighted by atomic mass is 32.1. The number of benzene rings is 1. The SMILES string of the molecule is CC(C=O)c1cc(Cc2ccccc2)cs1. The molecular formula is C14H14OS. The van der Waals surface area contributed by atoms with E-state index in [4.69, 9.17) is 0 Å². The lowest BCUT2D eigenvalue weighted by atomic mass is 10.1. The predicted octanol–water partition coefficient (Wildman–Crippen LogP) is 3.64. The molecule has 2 rings (SSSR count). The lowest BCUT2D eigenvalue weighted by molar-refractivity contribution is -0.108. The first-order valence-electron chi connectivity index (χ1n) is 5.36. The molecule has 0 saturated heterocycles. The van der Waals surface area contributed by atoms with E-state index in [0.717, 1.165) is 17.6 Å². The van der Waals surface area contributed by atoms with Gasteiger partial charge in [-0.3, -0.25) is 0 Å². The van der Waals surface area contributed by atoms with Crippen LogP contribution >= 0.6 is 11.3 Å². The van der Waals surface area contributed by atoms with Crippen LogP contribution in [0.5, 0.6) is 0 Å². The third-order valence-electron chi connectivity index (χ3n) is 2.58. The first-order chi connectivity index (χ1) is 7.79. The highest BCUT2D eigenvalue weighted by Gasteiger charge is 2.07. The van der Waals surface area contributed by atoms with E-state index in [1.165, 1.54) is 11.1 Å². The van der Waals surface area contributed by atoms with Crippen LogP contribution in [0.25, 0.3) is 0 Å². The zero-order chi connectivity index (χ0) is 11.4. The van der Waals surface area contributed by atoms with Crippen molar-refractivity contribution in [3.63, 3.8) is 0 Å². The quantitative estimate of drug-likeness (QED) is 0.733. The molecule has 0 bridgehead atoms. The van der Waals surface area contributed by atoms with Crippen molar-refractivity contribution in [1.82, 2.24) is 0 Å². The number of carbonyl (C=O) groups is 1. The van der Waals surface area contributed by atoms with Gasteiger partial charge in [-0.1, -0.05) is 37.3 Å². The fraction of sp³-hybridized carbons (Fsp3) is 0.214. The van der Waals surface area contributed by atoms with E-state index in [1.807, 2.05) is 13.0 Å². The second-order valence-electron chi connectivity index (χ2n) is 3.94. The third kappa shape index (κ3) is 2.58. The lowest BCUT2D eigenvalue weighted by Crippen LogP contribution is -1.90. The number of carbonyl (C=O) groups excluding carboxylic acids is 1. The average Bonchev–Trinajstić information content (AvgIpc) is 2.78. The monoisotopic (exact) mass is 230 g/mol. The molecular weight excluding hydrogens is 216 g/mol. The Bertz CT molecular complexity index is 459. The molecule has 0 spiro atoms. The maximum absolute atomic E-state index is 10.7. The van der Waals surface area contributed by atoms with Crippen LogP contribution in [-0.4, -0.2) is 6.29 Å². The van der Waals surface area contributed by atoms with Gasteiger partial charge in [0.05, 0.1) is 0 Å². The highest BCUT2D eigenvalue weighted by molar-refractivity contribution is 7.10. The van der Waals surface area contributed by atoms with Crippen LogP contribution in [0.15, 0.2) is 41.8 Å². The van der Waals surface area contributed by atoms with Crippen LogP contribution in [-0.2, 0) is 11.2 Å². The molecule has 1 nitrogen and oxygen atoms in total. The molecule has 0 aliphatic carbocycles. The Labute approximate surface area is 99.8 Å².